The molecular weight excluding hydrogens is 353 g/mol. The molecular formula is C19H21FN3O2S+. The molecule has 2 aromatic carbocycles. The molecule has 0 aliphatic rings. The fourth-order valence-corrected chi connectivity index (χ4v) is 2.95. The summed E-state index contributed by atoms with van der Waals surface area (Å²) in [6, 6.07) is 14.3. The minimum atomic E-state index is -0.227. The summed E-state index contributed by atoms with van der Waals surface area (Å²) in [5.41, 5.74) is 1.99. The van der Waals surface area contributed by atoms with Gasteiger partial charge in [-0.25, -0.2) is 4.39 Å². The number of hydrogen-bond donors (Lipinski definition) is 1. The van der Waals surface area contributed by atoms with Crippen molar-refractivity contribution in [2.24, 2.45) is 0 Å². The summed E-state index contributed by atoms with van der Waals surface area (Å²) < 4.78 is 25.7. The SMILES string of the molecule is COc1ccc(Cc2nn(C[NH+](C)Cc3cccc(F)c3)c(=S)o2)cc1. The van der Waals surface area contributed by atoms with Crippen LogP contribution in [-0.4, -0.2) is 23.9 Å². The Balaban J connectivity index is 1.64. The second-order valence-corrected chi connectivity index (χ2v) is 6.56. The van der Waals surface area contributed by atoms with Gasteiger partial charge in [-0.1, -0.05) is 24.3 Å². The first kappa shape index (κ1) is 18.3. The molecule has 0 saturated heterocycles. The molecule has 1 unspecified atom stereocenters. The first-order valence-corrected chi connectivity index (χ1v) is 8.70. The molecule has 1 atom stereocenters. The van der Waals surface area contributed by atoms with E-state index in [1.165, 1.54) is 6.07 Å². The maximum atomic E-state index is 13.3. The van der Waals surface area contributed by atoms with Crippen molar-refractivity contribution >= 4 is 12.2 Å². The van der Waals surface area contributed by atoms with Gasteiger partial charge in [-0.2, -0.15) is 4.68 Å². The van der Waals surface area contributed by atoms with Crippen molar-refractivity contribution in [1.82, 2.24) is 9.78 Å². The number of quaternary nitrogens is 1. The van der Waals surface area contributed by atoms with Crippen LogP contribution in [0.5, 0.6) is 5.75 Å². The van der Waals surface area contributed by atoms with Crippen molar-refractivity contribution < 1.29 is 18.4 Å². The number of nitrogens with one attached hydrogen (secondary N) is 1. The van der Waals surface area contributed by atoms with Gasteiger partial charge in [-0.15, -0.1) is 5.10 Å². The van der Waals surface area contributed by atoms with Crippen LogP contribution in [0, 0.1) is 10.7 Å². The monoisotopic (exact) mass is 374 g/mol. The molecule has 3 aromatic rings. The Hall–Kier alpha value is -2.51. The van der Waals surface area contributed by atoms with E-state index in [2.05, 4.69) is 5.10 Å². The van der Waals surface area contributed by atoms with Crippen molar-refractivity contribution in [1.29, 1.82) is 0 Å². The van der Waals surface area contributed by atoms with Crippen molar-refractivity contribution in [3.8, 4) is 5.75 Å². The summed E-state index contributed by atoms with van der Waals surface area (Å²) in [6.45, 7) is 1.21. The predicted molar refractivity (Wildman–Crippen MR) is 98.1 cm³/mol. The lowest BCUT2D eigenvalue weighted by Crippen LogP contribution is -3.07. The number of ether oxygens (including phenoxy) is 1. The average molecular weight is 374 g/mol. The van der Waals surface area contributed by atoms with Crippen LogP contribution in [-0.2, 0) is 19.6 Å². The predicted octanol–water partition coefficient (Wildman–Crippen LogP) is 2.62. The van der Waals surface area contributed by atoms with Gasteiger partial charge in [0.2, 0.25) is 5.89 Å². The summed E-state index contributed by atoms with van der Waals surface area (Å²) in [7, 11) is 3.64. The molecule has 0 bridgehead atoms. The molecule has 0 saturated carbocycles. The van der Waals surface area contributed by atoms with Crippen LogP contribution < -0.4 is 9.64 Å². The van der Waals surface area contributed by atoms with E-state index in [1.807, 2.05) is 37.4 Å². The van der Waals surface area contributed by atoms with E-state index in [0.29, 0.717) is 30.4 Å². The van der Waals surface area contributed by atoms with Gasteiger partial charge in [0.25, 0.3) is 4.84 Å². The van der Waals surface area contributed by atoms with Crippen molar-refractivity contribution in [3.05, 3.63) is 76.2 Å². The number of hydrogen-bond acceptors (Lipinski definition) is 4. The van der Waals surface area contributed by atoms with E-state index in [1.54, 1.807) is 23.9 Å². The molecule has 1 aromatic heterocycles. The normalized spacial score (nSPS) is 12.1. The van der Waals surface area contributed by atoms with Gasteiger partial charge in [0.15, 0.2) is 6.67 Å². The van der Waals surface area contributed by atoms with Gasteiger partial charge in [-0.3, -0.25) is 0 Å². The first-order chi connectivity index (χ1) is 12.5. The van der Waals surface area contributed by atoms with E-state index in [9.17, 15) is 4.39 Å². The second kappa shape index (κ2) is 8.25. The minimum absolute atomic E-state index is 0.227. The second-order valence-electron chi connectivity index (χ2n) is 6.21. The zero-order valence-electron chi connectivity index (χ0n) is 14.7. The van der Waals surface area contributed by atoms with Gasteiger partial charge in [0, 0.05) is 5.56 Å². The number of benzene rings is 2. The topological polar surface area (TPSA) is 44.6 Å². The highest BCUT2D eigenvalue weighted by Gasteiger charge is 2.11. The van der Waals surface area contributed by atoms with Crippen LogP contribution in [0.25, 0.3) is 0 Å². The highest BCUT2D eigenvalue weighted by Crippen LogP contribution is 2.14. The third-order valence-electron chi connectivity index (χ3n) is 3.98. The highest BCUT2D eigenvalue weighted by molar-refractivity contribution is 7.71. The lowest BCUT2D eigenvalue weighted by Gasteiger charge is -2.13. The lowest BCUT2D eigenvalue weighted by atomic mass is 10.1. The minimum Gasteiger partial charge on any atom is -0.497 e. The number of rotatable bonds is 7. The Labute approximate surface area is 156 Å². The van der Waals surface area contributed by atoms with Crippen molar-refractivity contribution in [2.45, 2.75) is 19.6 Å². The molecule has 3 rings (SSSR count). The molecule has 0 aliphatic heterocycles. The summed E-state index contributed by atoms with van der Waals surface area (Å²) in [5, 5.41) is 4.47. The standard InChI is InChI=1S/C19H20FN3O2S/c1-22(12-15-4-3-5-16(20)10-15)13-23-19(26)25-18(21-23)11-14-6-8-17(24-2)9-7-14/h3-10H,11-13H2,1-2H3/p+1. The molecule has 26 heavy (non-hydrogen) atoms. The van der Waals surface area contributed by atoms with Crippen LogP contribution in [0.2, 0.25) is 0 Å². The van der Waals surface area contributed by atoms with Gasteiger partial charge < -0.3 is 14.1 Å². The summed E-state index contributed by atoms with van der Waals surface area (Å²) in [6.07, 6.45) is 0.559. The quantitative estimate of drug-likeness (QED) is 0.646. The molecule has 7 heteroatoms. The van der Waals surface area contributed by atoms with Gasteiger partial charge in [0.05, 0.1) is 20.6 Å². The maximum Gasteiger partial charge on any atom is 0.291 e. The van der Waals surface area contributed by atoms with E-state index in [4.69, 9.17) is 21.4 Å². The van der Waals surface area contributed by atoms with Gasteiger partial charge in [0.1, 0.15) is 18.1 Å². The number of halogens is 1. The zero-order valence-corrected chi connectivity index (χ0v) is 15.6. The van der Waals surface area contributed by atoms with E-state index in [-0.39, 0.29) is 5.82 Å². The Bertz CT molecular complexity index is 921. The first-order valence-electron chi connectivity index (χ1n) is 8.29. The molecule has 0 fully saturated rings. The van der Waals surface area contributed by atoms with Crippen LogP contribution in [0.1, 0.15) is 17.0 Å². The zero-order chi connectivity index (χ0) is 18.5. The summed E-state index contributed by atoms with van der Waals surface area (Å²) in [5.74, 6) is 1.15. The molecule has 0 spiro atoms. The summed E-state index contributed by atoms with van der Waals surface area (Å²) in [4.78, 5) is 1.46. The molecule has 0 aliphatic carbocycles. The number of nitrogens with zero attached hydrogens (tertiary/aromatic N) is 2. The fraction of sp³-hybridized carbons (Fsp3) is 0.263. The Kier molecular flexibility index (Phi) is 5.80. The number of aromatic nitrogens is 2. The molecule has 1 heterocycles. The van der Waals surface area contributed by atoms with Crippen molar-refractivity contribution in [3.63, 3.8) is 0 Å². The van der Waals surface area contributed by atoms with Crippen LogP contribution >= 0.6 is 12.2 Å². The molecule has 136 valence electrons. The Morgan fingerprint density at radius 3 is 2.65 bits per heavy atom. The molecule has 5 nitrogen and oxygen atoms in total. The van der Waals surface area contributed by atoms with E-state index >= 15 is 0 Å². The van der Waals surface area contributed by atoms with E-state index in [0.717, 1.165) is 21.8 Å². The Morgan fingerprint density at radius 1 is 1.19 bits per heavy atom. The molecule has 1 N–H and O–H groups in total. The third-order valence-corrected chi connectivity index (χ3v) is 4.27. The number of methoxy groups -OCH3 is 1. The van der Waals surface area contributed by atoms with Crippen LogP contribution in [0.3, 0.4) is 0 Å². The van der Waals surface area contributed by atoms with Gasteiger partial charge in [-0.05, 0) is 42.0 Å². The van der Waals surface area contributed by atoms with E-state index < -0.39 is 0 Å². The summed E-state index contributed by atoms with van der Waals surface area (Å²) >= 11 is 5.27. The lowest BCUT2D eigenvalue weighted by molar-refractivity contribution is -0.917. The van der Waals surface area contributed by atoms with Crippen LogP contribution in [0.4, 0.5) is 4.39 Å². The molecule has 0 amide bonds. The Morgan fingerprint density at radius 2 is 1.96 bits per heavy atom. The van der Waals surface area contributed by atoms with Gasteiger partial charge >= 0.3 is 0 Å². The van der Waals surface area contributed by atoms with Crippen LogP contribution in [0.15, 0.2) is 52.9 Å². The maximum absolute atomic E-state index is 13.3. The smallest absolute Gasteiger partial charge is 0.291 e. The molecule has 0 radical (unpaired) electrons. The largest absolute Gasteiger partial charge is 0.497 e. The van der Waals surface area contributed by atoms with Crippen molar-refractivity contribution in [2.75, 3.05) is 14.2 Å². The third kappa shape index (κ3) is 4.77. The highest BCUT2D eigenvalue weighted by atomic mass is 32.1. The fourth-order valence-electron chi connectivity index (χ4n) is 2.75. The average Bonchev–Trinajstić information content (AvgIpc) is 2.94.